The van der Waals surface area contributed by atoms with Crippen molar-refractivity contribution < 1.29 is 9.53 Å². The first-order valence-corrected chi connectivity index (χ1v) is 6.01. The van der Waals surface area contributed by atoms with Crippen molar-refractivity contribution in [1.82, 2.24) is 15.2 Å². The summed E-state index contributed by atoms with van der Waals surface area (Å²) in [4.78, 5) is 15.7. The quantitative estimate of drug-likeness (QED) is 0.542. The van der Waals surface area contributed by atoms with Crippen LogP contribution in [0.25, 0.3) is 0 Å². The number of nitrogens with one attached hydrogen (secondary N) is 1. The zero-order chi connectivity index (χ0) is 13.1. The van der Waals surface area contributed by atoms with Gasteiger partial charge in [0.05, 0.1) is 6.17 Å². The molecule has 17 heavy (non-hydrogen) atoms. The molecular weight excluding hydrogens is 220 g/mol. The maximum Gasteiger partial charge on any atom is 0.410 e. The van der Waals surface area contributed by atoms with E-state index in [9.17, 15) is 4.79 Å². The Labute approximate surface area is 103 Å². The summed E-state index contributed by atoms with van der Waals surface area (Å²) in [6, 6.07) is 0. The van der Waals surface area contributed by atoms with Gasteiger partial charge in [0.1, 0.15) is 5.60 Å². The van der Waals surface area contributed by atoms with Gasteiger partial charge in [0.25, 0.3) is 0 Å². The Balaban J connectivity index is 2.39. The number of hydrogen-bond donors (Lipinski definition) is 2. The van der Waals surface area contributed by atoms with Crippen LogP contribution >= 0.6 is 0 Å². The third-order valence-corrected chi connectivity index (χ3v) is 2.75. The first-order valence-electron chi connectivity index (χ1n) is 6.01. The van der Waals surface area contributed by atoms with Gasteiger partial charge in [-0.25, -0.2) is 10.2 Å². The van der Waals surface area contributed by atoms with Gasteiger partial charge in [0.15, 0.2) is 0 Å². The van der Waals surface area contributed by atoms with Gasteiger partial charge in [-0.15, -0.1) is 0 Å². The summed E-state index contributed by atoms with van der Waals surface area (Å²) in [5, 5.41) is 0. The van der Waals surface area contributed by atoms with E-state index in [0.717, 1.165) is 13.1 Å². The lowest BCUT2D eigenvalue weighted by molar-refractivity contribution is 0.00945. The van der Waals surface area contributed by atoms with Crippen molar-refractivity contribution in [3.63, 3.8) is 0 Å². The molecule has 1 atom stereocenters. The molecule has 1 aliphatic rings. The minimum atomic E-state index is -0.430. The Hall–Kier alpha value is -0.850. The maximum absolute atomic E-state index is 11.8. The summed E-state index contributed by atoms with van der Waals surface area (Å²) >= 11 is 0. The van der Waals surface area contributed by atoms with Gasteiger partial charge in [-0.1, -0.05) is 0 Å². The van der Waals surface area contributed by atoms with E-state index in [1.54, 1.807) is 4.90 Å². The van der Waals surface area contributed by atoms with Crippen LogP contribution in [0.3, 0.4) is 0 Å². The Morgan fingerprint density at radius 1 is 1.29 bits per heavy atom. The van der Waals surface area contributed by atoms with Gasteiger partial charge < -0.3 is 9.64 Å². The normalized spacial score (nSPS) is 20.2. The molecule has 6 nitrogen and oxygen atoms in total. The summed E-state index contributed by atoms with van der Waals surface area (Å²) in [5.41, 5.74) is 2.28. The second kappa shape index (κ2) is 5.66. The first kappa shape index (κ1) is 14.2. The molecule has 0 spiro atoms. The Kier molecular flexibility index (Phi) is 4.73. The number of hydrogen-bond acceptors (Lipinski definition) is 5. The van der Waals surface area contributed by atoms with E-state index >= 15 is 0 Å². The highest BCUT2D eigenvalue weighted by molar-refractivity contribution is 5.68. The number of rotatable bonds is 2. The van der Waals surface area contributed by atoms with E-state index < -0.39 is 5.60 Å². The van der Waals surface area contributed by atoms with Crippen molar-refractivity contribution in [3.05, 3.63) is 0 Å². The van der Waals surface area contributed by atoms with Crippen LogP contribution in [0.5, 0.6) is 0 Å². The molecule has 1 rings (SSSR count). The zero-order valence-corrected chi connectivity index (χ0v) is 11.2. The second-order valence-electron chi connectivity index (χ2n) is 5.35. The predicted molar refractivity (Wildman–Crippen MR) is 66.2 cm³/mol. The molecule has 1 unspecified atom stereocenters. The lowest BCUT2D eigenvalue weighted by Crippen LogP contribution is -2.56. The molecule has 0 bridgehead atoms. The summed E-state index contributed by atoms with van der Waals surface area (Å²) < 4.78 is 5.33. The third-order valence-electron chi connectivity index (χ3n) is 2.75. The molecule has 0 aromatic rings. The molecule has 0 aliphatic carbocycles. The summed E-state index contributed by atoms with van der Waals surface area (Å²) in [7, 11) is 0. The molecule has 6 heteroatoms. The largest absolute Gasteiger partial charge is 0.444 e. The summed E-state index contributed by atoms with van der Waals surface area (Å²) in [5.74, 6) is 5.38. The summed E-state index contributed by atoms with van der Waals surface area (Å²) in [6.07, 6.45) is -0.0960. The van der Waals surface area contributed by atoms with Crippen LogP contribution in [-0.2, 0) is 4.74 Å². The average molecular weight is 244 g/mol. The number of amides is 1. The zero-order valence-electron chi connectivity index (χ0n) is 11.2. The van der Waals surface area contributed by atoms with Crippen LogP contribution in [0, 0.1) is 0 Å². The van der Waals surface area contributed by atoms with E-state index in [4.69, 9.17) is 10.6 Å². The molecular formula is C11H24N4O2. The Morgan fingerprint density at radius 2 is 1.82 bits per heavy atom. The van der Waals surface area contributed by atoms with Gasteiger partial charge in [-0.2, -0.15) is 0 Å². The molecule has 1 amide bonds. The highest BCUT2D eigenvalue weighted by Gasteiger charge is 2.27. The standard InChI is InChI=1S/C11H24N4O2/c1-9(13-12)14-5-7-15(8-6-14)10(16)17-11(2,3)4/h9,13H,5-8,12H2,1-4H3. The van der Waals surface area contributed by atoms with Crippen LogP contribution in [0.15, 0.2) is 0 Å². The monoisotopic (exact) mass is 244 g/mol. The number of nitrogens with zero attached hydrogens (tertiary/aromatic N) is 2. The van der Waals surface area contributed by atoms with Crippen molar-refractivity contribution in [2.45, 2.75) is 39.5 Å². The van der Waals surface area contributed by atoms with Gasteiger partial charge in [0, 0.05) is 26.2 Å². The number of carbonyl (C=O) groups excluding carboxylic acids is 1. The Morgan fingerprint density at radius 3 is 2.24 bits per heavy atom. The van der Waals surface area contributed by atoms with Gasteiger partial charge in [0.2, 0.25) is 0 Å². The van der Waals surface area contributed by atoms with Crippen molar-refractivity contribution in [3.8, 4) is 0 Å². The van der Waals surface area contributed by atoms with E-state index in [2.05, 4.69) is 10.3 Å². The van der Waals surface area contributed by atoms with Crippen molar-refractivity contribution in [2.75, 3.05) is 26.2 Å². The number of hydrazine groups is 1. The fourth-order valence-electron chi connectivity index (χ4n) is 1.72. The van der Waals surface area contributed by atoms with Crippen molar-refractivity contribution in [2.24, 2.45) is 5.84 Å². The third kappa shape index (κ3) is 4.49. The molecule has 1 fully saturated rings. The first-order chi connectivity index (χ1) is 7.83. The molecule has 0 radical (unpaired) electrons. The van der Waals surface area contributed by atoms with Gasteiger partial charge >= 0.3 is 6.09 Å². The fourth-order valence-corrected chi connectivity index (χ4v) is 1.72. The highest BCUT2D eigenvalue weighted by atomic mass is 16.6. The molecule has 1 aliphatic heterocycles. The molecule has 0 aromatic carbocycles. The lowest BCUT2D eigenvalue weighted by Gasteiger charge is -2.38. The molecule has 100 valence electrons. The van der Waals surface area contributed by atoms with Crippen LogP contribution < -0.4 is 11.3 Å². The van der Waals surface area contributed by atoms with Crippen LogP contribution in [-0.4, -0.2) is 53.8 Å². The van der Waals surface area contributed by atoms with E-state index in [-0.39, 0.29) is 12.3 Å². The van der Waals surface area contributed by atoms with Crippen molar-refractivity contribution in [1.29, 1.82) is 0 Å². The van der Waals surface area contributed by atoms with Gasteiger partial charge in [-0.3, -0.25) is 10.7 Å². The topological polar surface area (TPSA) is 70.8 Å². The maximum atomic E-state index is 11.8. The highest BCUT2D eigenvalue weighted by Crippen LogP contribution is 2.12. The molecule has 1 heterocycles. The van der Waals surface area contributed by atoms with Crippen LogP contribution in [0.2, 0.25) is 0 Å². The van der Waals surface area contributed by atoms with Crippen LogP contribution in [0.4, 0.5) is 4.79 Å². The number of piperazine rings is 1. The Bertz CT molecular complexity index is 257. The molecule has 0 saturated carbocycles. The predicted octanol–water partition coefficient (Wildman–Crippen LogP) is 0.348. The minimum Gasteiger partial charge on any atom is -0.444 e. The molecule has 1 saturated heterocycles. The number of nitrogens with two attached hydrogens (primary N) is 1. The van der Waals surface area contributed by atoms with Crippen LogP contribution in [0.1, 0.15) is 27.7 Å². The summed E-state index contributed by atoms with van der Waals surface area (Å²) in [6.45, 7) is 10.6. The van der Waals surface area contributed by atoms with Gasteiger partial charge in [-0.05, 0) is 27.7 Å². The minimum absolute atomic E-state index is 0.135. The average Bonchev–Trinajstić information content (AvgIpc) is 2.26. The SMILES string of the molecule is CC(NN)N1CCN(C(=O)OC(C)(C)C)CC1. The molecule has 0 aromatic heterocycles. The number of ether oxygens (including phenoxy) is 1. The van der Waals surface area contributed by atoms with E-state index in [0.29, 0.717) is 13.1 Å². The second-order valence-corrected chi connectivity index (χ2v) is 5.35. The molecule has 3 N–H and O–H groups in total. The smallest absolute Gasteiger partial charge is 0.410 e. The van der Waals surface area contributed by atoms with Crippen molar-refractivity contribution >= 4 is 6.09 Å². The van der Waals surface area contributed by atoms with E-state index in [1.807, 2.05) is 27.7 Å². The lowest BCUT2D eigenvalue weighted by atomic mass is 10.2. The number of carbonyl (C=O) groups is 1. The fraction of sp³-hybridized carbons (Fsp3) is 0.909. The van der Waals surface area contributed by atoms with E-state index in [1.165, 1.54) is 0 Å².